The molecule has 1 atom stereocenters. The molecule has 0 bridgehead atoms. The summed E-state index contributed by atoms with van der Waals surface area (Å²) in [5, 5.41) is 3.48. The smallest absolute Gasteiger partial charge is 0.123 e. The van der Waals surface area contributed by atoms with Crippen molar-refractivity contribution in [2.75, 3.05) is 37.6 Å². The van der Waals surface area contributed by atoms with E-state index in [1.54, 1.807) is 18.3 Å². The van der Waals surface area contributed by atoms with Crippen LogP contribution < -0.4 is 10.2 Å². The summed E-state index contributed by atoms with van der Waals surface area (Å²) in [7, 11) is 0. The first-order chi connectivity index (χ1) is 12.2. The van der Waals surface area contributed by atoms with Crippen LogP contribution in [0.5, 0.6) is 0 Å². The summed E-state index contributed by atoms with van der Waals surface area (Å²) in [6, 6.07) is 11.1. The molecule has 0 spiro atoms. The number of hydrogen-bond donors (Lipinski definition) is 1. The lowest BCUT2D eigenvalue weighted by atomic mass is 10.0. The molecular formula is C20H27FN4. The number of benzene rings is 1. The molecular weight excluding hydrogens is 315 g/mol. The summed E-state index contributed by atoms with van der Waals surface area (Å²) in [5.74, 6) is -0.183. The van der Waals surface area contributed by atoms with Gasteiger partial charge in [-0.05, 0) is 49.4 Å². The van der Waals surface area contributed by atoms with E-state index in [4.69, 9.17) is 0 Å². The van der Waals surface area contributed by atoms with Gasteiger partial charge >= 0.3 is 0 Å². The van der Waals surface area contributed by atoms with E-state index in [1.807, 2.05) is 24.3 Å². The summed E-state index contributed by atoms with van der Waals surface area (Å²) >= 11 is 0. The molecule has 1 aromatic carbocycles. The minimum Gasteiger partial charge on any atom is -0.369 e. The maximum Gasteiger partial charge on any atom is 0.123 e. The third-order valence-corrected chi connectivity index (χ3v) is 4.93. The van der Waals surface area contributed by atoms with Gasteiger partial charge in [0.1, 0.15) is 5.82 Å². The Bertz CT molecular complexity index is 669. The topological polar surface area (TPSA) is 31.4 Å². The Morgan fingerprint density at radius 3 is 2.64 bits per heavy atom. The van der Waals surface area contributed by atoms with Gasteiger partial charge in [0.25, 0.3) is 0 Å². The van der Waals surface area contributed by atoms with Gasteiger partial charge in [-0.1, -0.05) is 13.0 Å². The number of likely N-dealkylation sites (N-methyl/N-ethyl adjacent to an activating group) is 1. The lowest BCUT2D eigenvalue weighted by molar-refractivity contribution is 0.271. The highest BCUT2D eigenvalue weighted by Gasteiger charge is 2.20. The van der Waals surface area contributed by atoms with E-state index in [-0.39, 0.29) is 11.9 Å². The van der Waals surface area contributed by atoms with Crippen molar-refractivity contribution in [3.05, 3.63) is 59.7 Å². The fourth-order valence-electron chi connectivity index (χ4n) is 3.34. The van der Waals surface area contributed by atoms with Gasteiger partial charge in [-0.15, -0.1) is 0 Å². The molecule has 0 saturated carbocycles. The van der Waals surface area contributed by atoms with Crippen molar-refractivity contribution in [1.82, 2.24) is 15.2 Å². The van der Waals surface area contributed by atoms with Crippen LogP contribution in [0.25, 0.3) is 0 Å². The number of nitrogens with zero attached hydrogens (tertiary/aromatic N) is 3. The molecule has 0 radical (unpaired) electrons. The normalized spacial score (nSPS) is 16.8. The van der Waals surface area contributed by atoms with E-state index >= 15 is 0 Å². The minimum absolute atomic E-state index is 0.0527. The van der Waals surface area contributed by atoms with Gasteiger partial charge in [0.2, 0.25) is 0 Å². The maximum absolute atomic E-state index is 13.9. The second-order valence-corrected chi connectivity index (χ2v) is 6.55. The largest absolute Gasteiger partial charge is 0.369 e. The summed E-state index contributed by atoms with van der Waals surface area (Å²) < 4.78 is 13.9. The van der Waals surface area contributed by atoms with Crippen molar-refractivity contribution in [3.63, 3.8) is 0 Å². The van der Waals surface area contributed by atoms with Gasteiger partial charge in [-0.25, -0.2) is 4.39 Å². The number of hydrogen-bond acceptors (Lipinski definition) is 4. The average Bonchev–Trinajstić information content (AvgIpc) is 2.67. The van der Waals surface area contributed by atoms with Gasteiger partial charge in [0.05, 0.1) is 5.69 Å². The van der Waals surface area contributed by atoms with Gasteiger partial charge in [-0.3, -0.25) is 4.98 Å². The predicted molar refractivity (Wildman–Crippen MR) is 100 cm³/mol. The second kappa shape index (κ2) is 8.41. The number of halogens is 1. The molecule has 134 valence electrons. The molecule has 1 fully saturated rings. The van der Waals surface area contributed by atoms with Crippen LogP contribution in [-0.4, -0.2) is 42.6 Å². The Labute approximate surface area is 149 Å². The Kier molecular flexibility index (Phi) is 6.00. The number of anilines is 1. The van der Waals surface area contributed by atoms with Crippen molar-refractivity contribution in [2.45, 2.75) is 26.4 Å². The van der Waals surface area contributed by atoms with Crippen LogP contribution in [0.4, 0.5) is 10.1 Å². The molecule has 3 rings (SSSR count). The molecule has 1 aliphatic heterocycles. The molecule has 5 heteroatoms. The average molecular weight is 342 g/mol. The lowest BCUT2D eigenvalue weighted by Crippen LogP contribution is -2.46. The fraction of sp³-hybridized carbons (Fsp3) is 0.450. The zero-order chi connectivity index (χ0) is 17.6. The van der Waals surface area contributed by atoms with Gasteiger partial charge in [0.15, 0.2) is 0 Å². The van der Waals surface area contributed by atoms with Crippen LogP contribution in [0, 0.1) is 5.82 Å². The first-order valence-electron chi connectivity index (χ1n) is 9.07. The SMILES string of the molecule is CCN1CCN(c2ccc(F)cc2[C@@H](C)NCc2ccccn2)CC1. The van der Waals surface area contributed by atoms with Crippen molar-refractivity contribution in [3.8, 4) is 0 Å². The standard InChI is InChI=1S/C20H27FN4/c1-3-24-10-12-25(13-11-24)20-8-7-17(21)14-19(20)16(2)23-15-18-6-4-5-9-22-18/h4-9,14,16,23H,3,10-13,15H2,1-2H3/t16-/m1/s1. The van der Waals surface area contributed by atoms with Crippen LogP contribution >= 0.6 is 0 Å². The van der Waals surface area contributed by atoms with E-state index < -0.39 is 0 Å². The second-order valence-electron chi connectivity index (χ2n) is 6.55. The van der Waals surface area contributed by atoms with Crippen molar-refractivity contribution >= 4 is 5.69 Å². The molecule has 1 aliphatic rings. The van der Waals surface area contributed by atoms with Crippen molar-refractivity contribution in [1.29, 1.82) is 0 Å². The zero-order valence-electron chi connectivity index (χ0n) is 15.1. The van der Waals surface area contributed by atoms with Crippen molar-refractivity contribution < 1.29 is 4.39 Å². The Hall–Kier alpha value is -1.98. The van der Waals surface area contributed by atoms with E-state index in [1.165, 1.54) is 0 Å². The fourth-order valence-corrected chi connectivity index (χ4v) is 3.34. The van der Waals surface area contributed by atoms with Gasteiger partial charge in [0, 0.05) is 50.6 Å². The summed E-state index contributed by atoms with van der Waals surface area (Å²) in [6.45, 7) is 10.1. The predicted octanol–water partition coefficient (Wildman–Crippen LogP) is 3.21. The summed E-state index contributed by atoms with van der Waals surface area (Å²) in [6.07, 6.45) is 1.79. The van der Waals surface area contributed by atoms with Crippen LogP contribution in [-0.2, 0) is 6.54 Å². The first kappa shape index (κ1) is 17.8. The third-order valence-electron chi connectivity index (χ3n) is 4.93. The lowest BCUT2D eigenvalue weighted by Gasteiger charge is -2.37. The summed E-state index contributed by atoms with van der Waals surface area (Å²) in [5.41, 5.74) is 3.14. The van der Waals surface area contributed by atoms with E-state index in [9.17, 15) is 4.39 Å². The molecule has 0 amide bonds. The van der Waals surface area contributed by atoms with Crippen LogP contribution in [0.15, 0.2) is 42.6 Å². The molecule has 25 heavy (non-hydrogen) atoms. The summed E-state index contributed by atoms with van der Waals surface area (Å²) in [4.78, 5) is 9.16. The van der Waals surface area contributed by atoms with Crippen LogP contribution in [0.2, 0.25) is 0 Å². The van der Waals surface area contributed by atoms with Crippen LogP contribution in [0.1, 0.15) is 31.1 Å². The molecule has 0 unspecified atom stereocenters. The Balaban J connectivity index is 1.72. The molecule has 2 heterocycles. The molecule has 0 aliphatic carbocycles. The van der Waals surface area contributed by atoms with E-state index in [2.05, 4.69) is 33.9 Å². The first-order valence-corrected chi connectivity index (χ1v) is 9.07. The Morgan fingerprint density at radius 1 is 1.16 bits per heavy atom. The molecule has 1 saturated heterocycles. The number of pyridine rings is 1. The Morgan fingerprint density at radius 2 is 1.96 bits per heavy atom. The van der Waals surface area contributed by atoms with E-state index in [0.29, 0.717) is 6.54 Å². The number of aromatic nitrogens is 1. The molecule has 1 aromatic heterocycles. The highest BCUT2D eigenvalue weighted by molar-refractivity contribution is 5.55. The maximum atomic E-state index is 13.9. The molecule has 2 aromatic rings. The van der Waals surface area contributed by atoms with Gasteiger partial charge < -0.3 is 15.1 Å². The van der Waals surface area contributed by atoms with Gasteiger partial charge in [-0.2, -0.15) is 0 Å². The minimum atomic E-state index is -0.183. The zero-order valence-corrected chi connectivity index (χ0v) is 15.1. The molecule has 1 N–H and O–H groups in total. The highest BCUT2D eigenvalue weighted by atomic mass is 19.1. The van der Waals surface area contributed by atoms with Crippen LogP contribution in [0.3, 0.4) is 0 Å². The molecule has 4 nitrogen and oxygen atoms in total. The number of nitrogens with one attached hydrogen (secondary N) is 1. The quantitative estimate of drug-likeness (QED) is 0.873. The third kappa shape index (κ3) is 4.55. The number of piperazine rings is 1. The monoisotopic (exact) mass is 342 g/mol. The van der Waals surface area contributed by atoms with Crippen molar-refractivity contribution in [2.24, 2.45) is 0 Å². The number of rotatable bonds is 6. The highest BCUT2D eigenvalue weighted by Crippen LogP contribution is 2.28. The van der Waals surface area contributed by atoms with E-state index in [0.717, 1.165) is 49.7 Å².